The molecular weight excluding hydrogens is 471 g/mol. The number of pyridine rings is 1. The monoisotopic (exact) mass is 502 g/mol. The maximum absolute atomic E-state index is 14.9. The largest absolute Gasteiger partial charge is 0.453 e. The molecule has 4 N–H and O–H groups in total. The molecule has 4 aromatic rings. The molecule has 2 aromatic heterocycles. The molecule has 5 rings (SSSR count). The number of aryl methyl sites for hydroxylation is 1. The molecule has 1 fully saturated rings. The van der Waals surface area contributed by atoms with Crippen LogP contribution in [0.2, 0.25) is 0 Å². The zero-order valence-electron chi connectivity index (χ0n) is 20.8. The number of hydrogen-bond acceptors (Lipinski definition) is 5. The maximum Gasteiger partial charge on any atom is 0.239 e. The van der Waals surface area contributed by atoms with E-state index in [9.17, 15) is 14.3 Å². The second-order valence-corrected chi connectivity index (χ2v) is 9.89. The van der Waals surface area contributed by atoms with Crippen LogP contribution in [0.25, 0.3) is 11.0 Å². The molecule has 37 heavy (non-hydrogen) atoms. The Labute approximate surface area is 215 Å². The first-order chi connectivity index (χ1) is 17.8. The fourth-order valence-electron chi connectivity index (χ4n) is 5.01. The predicted molar refractivity (Wildman–Crippen MR) is 140 cm³/mol. The first-order valence-corrected chi connectivity index (χ1v) is 12.5. The van der Waals surface area contributed by atoms with Gasteiger partial charge in [0.1, 0.15) is 11.4 Å². The summed E-state index contributed by atoms with van der Waals surface area (Å²) >= 11 is 0. The minimum atomic E-state index is -0.833. The van der Waals surface area contributed by atoms with Crippen LogP contribution in [0.5, 0.6) is 11.5 Å². The SMILES string of the molecule is Cc1c[nH]c2nccc(Oc3ccc(CC(N)C(=O)N4CCC(O)(Cc5ccccc5)CC4)cc3F)c12. The van der Waals surface area contributed by atoms with E-state index in [1.807, 2.05) is 43.5 Å². The van der Waals surface area contributed by atoms with Gasteiger partial charge < -0.3 is 25.5 Å². The topological polar surface area (TPSA) is 104 Å². The van der Waals surface area contributed by atoms with Crippen molar-refractivity contribution in [3.8, 4) is 11.5 Å². The lowest BCUT2D eigenvalue weighted by Gasteiger charge is -2.39. The molecule has 3 heterocycles. The summed E-state index contributed by atoms with van der Waals surface area (Å²) in [5, 5.41) is 11.8. The highest BCUT2D eigenvalue weighted by Gasteiger charge is 2.35. The Morgan fingerprint density at radius 2 is 1.92 bits per heavy atom. The van der Waals surface area contributed by atoms with Crippen LogP contribution in [0, 0.1) is 12.7 Å². The highest BCUT2D eigenvalue weighted by Crippen LogP contribution is 2.32. The van der Waals surface area contributed by atoms with Crippen molar-refractivity contribution in [3.05, 3.63) is 89.5 Å². The average molecular weight is 503 g/mol. The van der Waals surface area contributed by atoms with Crippen molar-refractivity contribution in [2.45, 2.75) is 44.2 Å². The second-order valence-electron chi connectivity index (χ2n) is 9.89. The summed E-state index contributed by atoms with van der Waals surface area (Å²) in [6.07, 6.45) is 5.18. The van der Waals surface area contributed by atoms with Crippen LogP contribution in [0.3, 0.4) is 0 Å². The molecule has 1 unspecified atom stereocenters. The van der Waals surface area contributed by atoms with Gasteiger partial charge in [0.15, 0.2) is 11.6 Å². The zero-order valence-corrected chi connectivity index (χ0v) is 20.8. The number of carbonyl (C=O) groups is 1. The highest BCUT2D eigenvalue weighted by molar-refractivity contribution is 5.86. The minimum Gasteiger partial charge on any atom is -0.453 e. The second kappa shape index (κ2) is 10.3. The van der Waals surface area contributed by atoms with Gasteiger partial charge in [0.2, 0.25) is 5.91 Å². The fraction of sp³-hybridized carbons (Fsp3) is 0.310. The van der Waals surface area contributed by atoms with E-state index in [0.29, 0.717) is 49.3 Å². The Bertz CT molecular complexity index is 1400. The minimum absolute atomic E-state index is 0.0884. The summed E-state index contributed by atoms with van der Waals surface area (Å²) in [5.74, 6) is -0.117. The van der Waals surface area contributed by atoms with Crippen molar-refractivity contribution >= 4 is 16.9 Å². The predicted octanol–water partition coefficient (Wildman–Crippen LogP) is 4.27. The van der Waals surface area contributed by atoms with Gasteiger partial charge in [-0.25, -0.2) is 9.37 Å². The Balaban J connectivity index is 1.19. The van der Waals surface area contributed by atoms with Crippen LogP contribution >= 0.6 is 0 Å². The number of piperidine rings is 1. The molecule has 2 aromatic carbocycles. The smallest absolute Gasteiger partial charge is 0.239 e. The molecule has 8 heteroatoms. The first-order valence-electron chi connectivity index (χ1n) is 12.5. The molecule has 0 saturated carbocycles. The zero-order chi connectivity index (χ0) is 26.0. The number of H-pyrrole nitrogens is 1. The third-order valence-electron chi connectivity index (χ3n) is 7.10. The van der Waals surface area contributed by atoms with Crippen molar-refractivity contribution in [2.75, 3.05) is 13.1 Å². The molecule has 0 spiro atoms. The number of benzene rings is 2. The van der Waals surface area contributed by atoms with Crippen molar-refractivity contribution in [1.29, 1.82) is 0 Å². The summed E-state index contributed by atoms with van der Waals surface area (Å²) in [6.45, 7) is 2.81. The number of hydrogen-bond donors (Lipinski definition) is 3. The van der Waals surface area contributed by atoms with Crippen LogP contribution in [-0.2, 0) is 17.6 Å². The standard InChI is InChI=1S/C29H31FN4O3/c1-19-18-33-27-26(19)25(9-12-32-27)37-24-8-7-21(15-22(24)30)16-23(31)28(35)34-13-10-29(36,11-14-34)17-20-5-3-2-4-6-20/h2-9,12,15,18,23,36H,10-11,13-14,16-17,31H2,1H3,(H,32,33). The van der Waals surface area contributed by atoms with Crippen LogP contribution in [0.1, 0.15) is 29.5 Å². The molecule has 1 aliphatic heterocycles. The Morgan fingerprint density at radius 1 is 1.16 bits per heavy atom. The molecule has 192 valence electrons. The number of halogens is 1. The van der Waals surface area contributed by atoms with Crippen molar-refractivity contribution in [1.82, 2.24) is 14.9 Å². The van der Waals surface area contributed by atoms with Crippen molar-refractivity contribution < 1.29 is 19.0 Å². The summed E-state index contributed by atoms with van der Waals surface area (Å²) in [4.78, 5) is 22.0. The summed E-state index contributed by atoms with van der Waals surface area (Å²) < 4.78 is 20.8. The first kappa shape index (κ1) is 24.9. The normalized spacial score (nSPS) is 16.1. The van der Waals surface area contributed by atoms with E-state index < -0.39 is 17.5 Å². The van der Waals surface area contributed by atoms with Crippen LogP contribution in [0.15, 0.2) is 67.0 Å². The summed E-state index contributed by atoms with van der Waals surface area (Å²) in [6, 6.07) is 15.4. The van der Waals surface area contributed by atoms with E-state index in [2.05, 4.69) is 9.97 Å². The van der Waals surface area contributed by atoms with Gasteiger partial charge in [-0.3, -0.25) is 4.79 Å². The van der Waals surface area contributed by atoms with E-state index in [0.717, 1.165) is 16.5 Å². The van der Waals surface area contributed by atoms with Crippen molar-refractivity contribution in [3.63, 3.8) is 0 Å². The Kier molecular flexibility index (Phi) is 6.95. The lowest BCUT2D eigenvalue weighted by Crippen LogP contribution is -2.52. The summed E-state index contributed by atoms with van der Waals surface area (Å²) in [7, 11) is 0. The number of fused-ring (bicyclic) bond motifs is 1. The third kappa shape index (κ3) is 5.50. The average Bonchev–Trinajstić information content (AvgIpc) is 3.27. The molecule has 0 aliphatic carbocycles. The van der Waals surface area contributed by atoms with Gasteiger partial charge in [-0.1, -0.05) is 36.4 Å². The number of aliphatic hydroxyl groups is 1. The van der Waals surface area contributed by atoms with Crippen LogP contribution < -0.4 is 10.5 Å². The lowest BCUT2D eigenvalue weighted by molar-refractivity contribution is -0.136. The number of aromatic nitrogens is 2. The number of amides is 1. The Morgan fingerprint density at radius 3 is 2.65 bits per heavy atom. The van der Waals surface area contributed by atoms with Crippen molar-refractivity contribution in [2.24, 2.45) is 5.73 Å². The Hall–Kier alpha value is -3.75. The fourth-order valence-corrected chi connectivity index (χ4v) is 5.01. The number of nitrogens with two attached hydrogens (primary N) is 1. The molecule has 1 saturated heterocycles. The number of likely N-dealkylation sites (tertiary alicyclic amines) is 1. The summed E-state index contributed by atoms with van der Waals surface area (Å²) in [5.41, 5.74) is 8.72. The van der Waals surface area contributed by atoms with E-state index >= 15 is 0 Å². The number of nitrogens with zero attached hydrogens (tertiary/aromatic N) is 2. The van der Waals surface area contributed by atoms with Gasteiger partial charge in [0, 0.05) is 31.9 Å². The molecular formula is C29H31FN4O3. The van der Waals surface area contributed by atoms with Crippen LogP contribution in [0.4, 0.5) is 4.39 Å². The lowest BCUT2D eigenvalue weighted by atomic mass is 9.85. The number of ether oxygens (including phenoxy) is 1. The molecule has 1 aliphatic rings. The van der Waals surface area contributed by atoms with Gasteiger partial charge in [-0.05, 0) is 61.1 Å². The highest BCUT2D eigenvalue weighted by atomic mass is 19.1. The van der Waals surface area contributed by atoms with E-state index in [1.54, 1.807) is 29.3 Å². The number of aromatic amines is 1. The third-order valence-corrected chi connectivity index (χ3v) is 7.10. The van der Waals surface area contributed by atoms with E-state index in [-0.39, 0.29) is 18.1 Å². The van der Waals surface area contributed by atoms with E-state index in [1.165, 1.54) is 6.07 Å². The quantitative estimate of drug-likeness (QED) is 0.350. The molecule has 0 bridgehead atoms. The molecule has 0 radical (unpaired) electrons. The molecule has 1 amide bonds. The number of rotatable bonds is 7. The van der Waals surface area contributed by atoms with Gasteiger partial charge in [-0.2, -0.15) is 0 Å². The maximum atomic E-state index is 14.9. The molecule has 7 nitrogen and oxygen atoms in total. The van der Waals surface area contributed by atoms with E-state index in [4.69, 9.17) is 10.5 Å². The van der Waals surface area contributed by atoms with Gasteiger partial charge >= 0.3 is 0 Å². The van der Waals surface area contributed by atoms with Gasteiger partial charge in [0.05, 0.1) is 17.0 Å². The number of nitrogens with one attached hydrogen (secondary N) is 1. The van der Waals surface area contributed by atoms with Crippen LogP contribution in [-0.4, -0.2) is 50.6 Å². The molecule has 1 atom stereocenters. The number of carbonyl (C=O) groups excluding carboxylic acids is 1. The van der Waals surface area contributed by atoms with Gasteiger partial charge in [0.25, 0.3) is 0 Å². The van der Waals surface area contributed by atoms with Gasteiger partial charge in [-0.15, -0.1) is 0 Å².